The van der Waals surface area contributed by atoms with Gasteiger partial charge >= 0.3 is 12.1 Å². The van der Waals surface area contributed by atoms with Crippen LogP contribution in [0.15, 0.2) is 12.5 Å². The van der Waals surface area contributed by atoms with Crippen LogP contribution in [0.2, 0.25) is 0 Å². The smallest absolute Gasteiger partial charge is 0.231 e. The summed E-state index contributed by atoms with van der Waals surface area (Å²) in [5, 5.41) is 5.85. The summed E-state index contributed by atoms with van der Waals surface area (Å²) < 4.78 is 59.9. The molecule has 0 bridgehead atoms. The van der Waals surface area contributed by atoms with Gasteiger partial charge in [0.25, 0.3) is 0 Å². The maximum atomic E-state index is 12.4. The Bertz CT molecular complexity index is 282. The summed E-state index contributed by atoms with van der Waals surface area (Å²) >= 11 is 0. The van der Waals surface area contributed by atoms with Crippen molar-refractivity contribution in [2.75, 3.05) is 0 Å². The Morgan fingerprint density at radius 1 is 1.00 bits per heavy atom. The molecule has 0 aliphatic heterocycles. The average molecular weight is 199 g/mol. The minimum Gasteiger partial charge on any atom is -0.231 e. The molecule has 13 heavy (non-hydrogen) atoms. The topological polar surface area (TPSA) is 38.7 Å². The maximum absolute atomic E-state index is 12.4. The lowest BCUT2D eigenvalue weighted by Crippen LogP contribution is -2.34. The van der Waals surface area contributed by atoms with Gasteiger partial charge in [0.2, 0.25) is 0 Å². The fraction of sp³-hybridized carbons (Fsp3) is 0.400. The number of hydrogen-bond donors (Lipinski definition) is 0. The third kappa shape index (κ3) is 1.70. The third-order valence-corrected chi connectivity index (χ3v) is 1.17. The molecule has 0 aliphatic rings. The molecule has 0 N–H and O–H groups in total. The van der Waals surface area contributed by atoms with Crippen molar-refractivity contribution in [1.82, 2.24) is 15.2 Å². The van der Waals surface area contributed by atoms with E-state index in [1.807, 2.05) is 0 Å². The zero-order valence-corrected chi connectivity index (χ0v) is 5.89. The van der Waals surface area contributed by atoms with Crippen molar-refractivity contribution in [2.45, 2.75) is 12.1 Å². The SMILES string of the molecule is FC(F)(F)C(F)(F)c1cnncn1. The van der Waals surface area contributed by atoms with Crippen LogP contribution in [0.25, 0.3) is 0 Å². The standard InChI is InChI=1S/C5H2F5N3/c6-4(7,5(8,9)10)3-1-12-13-2-11-3/h1-2H. The fourth-order valence-electron chi connectivity index (χ4n) is 0.547. The average Bonchev–Trinajstić information content (AvgIpc) is 2.04. The molecule has 1 rings (SSSR count). The van der Waals surface area contributed by atoms with Crippen LogP contribution in [0.3, 0.4) is 0 Å². The minimum absolute atomic E-state index is 0.271. The molecule has 8 heteroatoms. The van der Waals surface area contributed by atoms with Crippen LogP contribution in [0.5, 0.6) is 0 Å². The Morgan fingerprint density at radius 2 is 1.62 bits per heavy atom. The van der Waals surface area contributed by atoms with E-state index in [2.05, 4.69) is 15.2 Å². The number of rotatable bonds is 1. The Kier molecular flexibility index (Phi) is 2.14. The highest BCUT2D eigenvalue weighted by atomic mass is 19.4. The first-order chi connectivity index (χ1) is 5.86. The molecular formula is C5H2F5N3. The minimum atomic E-state index is -5.66. The van der Waals surface area contributed by atoms with Crippen molar-refractivity contribution in [2.24, 2.45) is 0 Å². The first-order valence-corrected chi connectivity index (χ1v) is 2.93. The van der Waals surface area contributed by atoms with Crippen LogP contribution in [-0.4, -0.2) is 21.4 Å². The summed E-state index contributed by atoms with van der Waals surface area (Å²) in [6, 6.07) is 0. The van der Waals surface area contributed by atoms with Crippen molar-refractivity contribution >= 4 is 0 Å². The van der Waals surface area contributed by atoms with E-state index in [0.29, 0.717) is 6.33 Å². The van der Waals surface area contributed by atoms with Crippen LogP contribution in [0.4, 0.5) is 22.0 Å². The Balaban J connectivity index is 3.08. The first kappa shape index (κ1) is 9.75. The molecule has 3 nitrogen and oxygen atoms in total. The van der Waals surface area contributed by atoms with E-state index in [-0.39, 0.29) is 6.20 Å². The molecule has 0 saturated heterocycles. The predicted octanol–water partition coefficient (Wildman–Crippen LogP) is 1.53. The summed E-state index contributed by atoms with van der Waals surface area (Å²) in [6.45, 7) is 0. The van der Waals surface area contributed by atoms with Crippen molar-refractivity contribution < 1.29 is 22.0 Å². The number of alkyl halides is 5. The lowest BCUT2D eigenvalue weighted by molar-refractivity contribution is -0.291. The van der Waals surface area contributed by atoms with E-state index >= 15 is 0 Å². The van der Waals surface area contributed by atoms with Gasteiger partial charge in [-0.2, -0.15) is 27.1 Å². The Hall–Kier alpha value is -1.34. The lowest BCUT2D eigenvalue weighted by atomic mass is 10.2. The van der Waals surface area contributed by atoms with Crippen LogP contribution in [0.1, 0.15) is 5.69 Å². The van der Waals surface area contributed by atoms with E-state index in [1.165, 1.54) is 0 Å². The van der Waals surface area contributed by atoms with Gasteiger partial charge in [-0.15, -0.1) is 5.10 Å². The van der Waals surface area contributed by atoms with E-state index < -0.39 is 17.8 Å². The molecule has 1 aromatic heterocycles. The second-order valence-electron chi connectivity index (χ2n) is 2.06. The van der Waals surface area contributed by atoms with Gasteiger partial charge in [-0.05, 0) is 0 Å². The summed E-state index contributed by atoms with van der Waals surface area (Å²) in [6.07, 6.45) is -4.87. The van der Waals surface area contributed by atoms with Gasteiger partial charge in [0.15, 0.2) is 0 Å². The van der Waals surface area contributed by atoms with E-state index in [0.717, 1.165) is 0 Å². The number of halogens is 5. The molecule has 0 spiro atoms. The van der Waals surface area contributed by atoms with Crippen LogP contribution >= 0.6 is 0 Å². The fourth-order valence-corrected chi connectivity index (χ4v) is 0.547. The molecule has 0 aromatic carbocycles. The monoisotopic (exact) mass is 199 g/mol. The molecule has 0 amide bonds. The van der Waals surface area contributed by atoms with Crippen molar-refractivity contribution in [3.63, 3.8) is 0 Å². The molecule has 0 fully saturated rings. The summed E-state index contributed by atoms with van der Waals surface area (Å²) in [4.78, 5) is 2.77. The molecular weight excluding hydrogens is 197 g/mol. The number of nitrogens with zero attached hydrogens (tertiary/aromatic N) is 3. The van der Waals surface area contributed by atoms with Crippen LogP contribution in [0, 0.1) is 0 Å². The highest BCUT2D eigenvalue weighted by Crippen LogP contribution is 2.42. The van der Waals surface area contributed by atoms with Gasteiger partial charge in [-0.3, -0.25) is 0 Å². The highest BCUT2D eigenvalue weighted by Gasteiger charge is 2.60. The third-order valence-electron chi connectivity index (χ3n) is 1.17. The van der Waals surface area contributed by atoms with Crippen molar-refractivity contribution in [3.05, 3.63) is 18.2 Å². The van der Waals surface area contributed by atoms with E-state index in [4.69, 9.17) is 0 Å². The molecule has 0 atom stereocenters. The molecule has 1 heterocycles. The maximum Gasteiger partial charge on any atom is 0.459 e. The molecule has 1 aromatic rings. The number of aromatic nitrogens is 3. The second-order valence-corrected chi connectivity index (χ2v) is 2.06. The zero-order valence-electron chi connectivity index (χ0n) is 5.89. The van der Waals surface area contributed by atoms with Gasteiger partial charge in [0.1, 0.15) is 12.0 Å². The quantitative estimate of drug-likeness (QED) is 0.643. The Morgan fingerprint density at radius 3 is 2.00 bits per heavy atom. The lowest BCUT2D eigenvalue weighted by Gasteiger charge is -2.17. The molecule has 72 valence electrons. The first-order valence-electron chi connectivity index (χ1n) is 2.93. The van der Waals surface area contributed by atoms with Gasteiger partial charge < -0.3 is 0 Å². The molecule has 0 radical (unpaired) electrons. The highest BCUT2D eigenvalue weighted by molar-refractivity contribution is 5.04. The Labute approximate surface area is 68.6 Å². The van der Waals surface area contributed by atoms with Gasteiger partial charge in [0, 0.05) is 0 Å². The van der Waals surface area contributed by atoms with Crippen LogP contribution in [-0.2, 0) is 5.92 Å². The van der Waals surface area contributed by atoms with E-state index in [1.54, 1.807) is 0 Å². The largest absolute Gasteiger partial charge is 0.459 e. The predicted molar refractivity (Wildman–Crippen MR) is 29.8 cm³/mol. The van der Waals surface area contributed by atoms with Crippen molar-refractivity contribution in [3.8, 4) is 0 Å². The van der Waals surface area contributed by atoms with E-state index in [9.17, 15) is 22.0 Å². The summed E-state index contributed by atoms with van der Waals surface area (Å²) in [5.41, 5.74) is -1.46. The van der Waals surface area contributed by atoms with Crippen molar-refractivity contribution in [1.29, 1.82) is 0 Å². The number of hydrogen-bond acceptors (Lipinski definition) is 3. The summed E-state index contributed by atoms with van der Waals surface area (Å²) in [7, 11) is 0. The second kappa shape index (κ2) is 2.86. The van der Waals surface area contributed by atoms with Gasteiger partial charge in [-0.1, -0.05) is 0 Å². The van der Waals surface area contributed by atoms with Crippen LogP contribution < -0.4 is 0 Å². The van der Waals surface area contributed by atoms with Gasteiger partial charge in [0.05, 0.1) is 6.20 Å². The molecule has 0 unspecified atom stereocenters. The molecule has 0 saturated carbocycles. The molecule has 0 aliphatic carbocycles. The normalized spacial score (nSPS) is 13.0. The zero-order chi connectivity index (χ0) is 10.1. The summed E-state index contributed by atoms with van der Waals surface area (Å²) in [5.74, 6) is -4.98. The van der Waals surface area contributed by atoms with Gasteiger partial charge in [-0.25, -0.2) is 4.98 Å².